The predicted molar refractivity (Wildman–Crippen MR) is 53.4 cm³/mol. The molecule has 1 fully saturated rings. The summed E-state index contributed by atoms with van der Waals surface area (Å²) in [6.07, 6.45) is 3.23. The van der Waals surface area contributed by atoms with Crippen LogP contribution in [0.25, 0.3) is 0 Å². The molecule has 0 bridgehead atoms. The van der Waals surface area contributed by atoms with Crippen LogP contribution in [0.15, 0.2) is 10.7 Å². The Kier molecular flexibility index (Phi) is 2.20. The van der Waals surface area contributed by atoms with Gasteiger partial charge in [0, 0.05) is 19.3 Å². The molecule has 0 radical (unpaired) electrons. The molecule has 1 aliphatic carbocycles. The van der Waals surface area contributed by atoms with Crippen molar-refractivity contribution in [2.24, 2.45) is 12.5 Å². The number of aromatic nitrogens is 2. The van der Waals surface area contributed by atoms with Crippen LogP contribution in [-0.4, -0.2) is 21.5 Å². The van der Waals surface area contributed by atoms with E-state index in [0.717, 1.165) is 23.9 Å². The summed E-state index contributed by atoms with van der Waals surface area (Å²) in [5, 5.41) is 13.4. The molecule has 1 N–H and O–H groups in total. The molecule has 1 heterocycles. The minimum absolute atomic E-state index is 0.174. The van der Waals surface area contributed by atoms with Crippen molar-refractivity contribution in [3.05, 3.63) is 16.4 Å². The minimum Gasteiger partial charge on any atom is -0.396 e. The van der Waals surface area contributed by atoms with Crippen molar-refractivity contribution in [3.8, 4) is 0 Å². The summed E-state index contributed by atoms with van der Waals surface area (Å²) in [7, 11) is 1.94. The minimum atomic E-state index is 0.174. The number of aliphatic hydroxyl groups is 1. The van der Waals surface area contributed by atoms with E-state index in [1.54, 1.807) is 0 Å². The Morgan fingerprint density at radius 3 is 2.77 bits per heavy atom. The molecule has 0 saturated heterocycles. The molecule has 0 unspecified atom stereocenters. The van der Waals surface area contributed by atoms with Crippen LogP contribution in [0.1, 0.15) is 18.5 Å². The average molecular weight is 245 g/mol. The van der Waals surface area contributed by atoms with Gasteiger partial charge in [-0.15, -0.1) is 0 Å². The number of hydrogen-bond donors (Lipinski definition) is 1. The zero-order valence-corrected chi connectivity index (χ0v) is 9.21. The Hall–Kier alpha value is -0.350. The summed E-state index contributed by atoms with van der Waals surface area (Å²) in [6, 6.07) is 2.02. The molecule has 3 nitrogen and oxygen atoms in total. The first kappa shape index (κ1) is 9.21. The number of hydrogen-bond acceptors (Lipinski definition) is 2. The third-order valence-corrected chi connectivity index (χ3v) is 3.18. The maximum absolute atomic E-state index is 9.17. The van der Waals surface area contributed by atoms with Gasteiger partial charge in [-0.05, 0) is 46.7 Å². The normalized spacial score (nSPS) is 19.0. The smallest absolute Gasteiger partial charge is 0.128 e. The van der Waals surface area contributed by atoms with Crippen LogP contribution in [0.3, 0.4) is 0 Å². The molecule has 0 amide bonds. The van der Waals surface area contributed by atoms with Gasteiger partial charge in [0.2, 0.25) is 0 Å². The number of aryl methyl sites for hydroxylation is 1. The summed E-state index contributed by atoms with van der Waals surface area (Å²) in [4.78, 5) is 0. The van der Waals surface area contributed by atoms with Gasteiger partial charge in [-0.1, -0.05) is 0 Å². The fourth-order valence-corrected chi connectivity index (χ4v) is 2.09. The highest BCUT2D eigenvalue weighted by Crippen LogP contribution is 2.47. The second-order valence-corrected chi connectivity index (χ2v) is 4.73. The quantitative estimate of drug-likeness (QED) is 0.876. The molecule has 4 heteroatoms. The van der Waals surface area contributed by atoms with Gasteiger partial charge < -0.3 is 5.11 Å². The summed E-state index contributed by atoms with van der Waals surface area (Å²) < 4.78 is 2.75. The van der Waals surface area contributed by atoms with Gasteiger partial charge in [0.05, 0.1) is 0 Å². The first-order valence-electron chi connectivity index (χ1n) is 4.44. The number of halogens is 1. The first-order valence-corrected chi connectivity index (χ1v) is 5.24. The van der Waals surface area contributed by atoms with Gasteiger partial charge in [-0.3, -0.25) is 4.68 Å². The lowest BCUT2D eigenvalue weighted by atomic mass is 10.0. The van der Waals surface area contributed by atoms with Crippen LogP contribution in [-0.2, 0) is 13.5 Å². The highest BCUT2D eigenvalue weighted by atomic mass is 79.9. The highest BCUT2D eigenvalue weighted by molar-refractivity contribution is 9.10. The van der Waals surface area contributed by atoms with E-state index in [2.05, 4.69) is 21.0 Å². The third kappa shape index (κ3) is 1.79. The molecule has 0 spiro atoms. The van der Waals surface area contributed by atoms with Gasteiger partial charge in [-0.2, -0.15) is 5.10 Å². The average Bonchev–Trinajstić information content (AvgIpc) is 2.77. The molecule has 0 atom stereocenters. The summed E-state index contributed by atoms with van der Waals surface area (Å²) >= 11 is 3.34. The lowest BCUT2D eigenvalue weighted by Gasteiger charge is -2.10. The molecule has 0 aliphatic heterocycles. The second-order valence-electron chi connectivity index (χ2n) is 3.92. The van der Waals surface area contributed by atoms with Gasteiger partial charge in [0.25, 0.3) is 0 Å². The Morgan fingerprint density at radius 2 is 2.38 bits per heavy atom. The molecule has 2 rings (SSSR count). The van der Waals surface area contributed by atoms with Crippen molar-refractivity contribution >= 4 is 15.9 Å². The Labute approximate surface area is 85.9 Å². The molecule has 1 aromatic rings. The molecular formula is C9H13BrN2O. The van der Waals surface area contributed by atoms with Gasteiger partial charge >= 0.3 is 0 Å². The Morgan fingerprint density at radius 1 is 1.69 bits per heavy atom. The fourth-order valence-electron chi connectivity index (χ4n) is 1.58. The molecular weight excluding hydrogens is 232 g/mol. The van der Waals surface area contributed by atoms with E-state index in [0.29, 0.717) is 6.61 Å². The van der Waals surface area contributed by atoms with Crippen molar-refractivity contribution in [2.45, 2.75) is 19.3 Å². The lowest BCUT2D eigenvalue weighted by molar-refractivity contribution is 0.209. The van der Waals surface area contributed by atoms with E-state index in [4.69, 9.17) is 0 Å². The summed E-state index contributed by atoms with van der Waals surface area (Å²) in [6.45, 7) is 0.301. The van der Waals surface area contributed by atoms with Gasteiger partial charge in [0.15, 0.2) is 0 Å². The molecule has 1 aliphatic rings. The van der Waals surface area contributed by atoms with Crippen molar-refractivity contribution < 1.29 is 5.11 Å². The maximum Gasteiger partial charge on any atom is 0.128 e. The van der Waals surface area contributed by atoms with E-state index >= 15 is 0 Å². The topological polar surface area (TPSA) is 38.0 Å². The SMILES string of the molecule is Cn1nc(Br)cc1CC1(CO)CC1. The van der Waals surface area contributed by atoms with Crippen molar-refractivity contribution in [1.82, 2.24) is 9.78 Å². The van der Waals surface area contributed by atoms with Crippen LogP contribution in [0.5, 0.6) is 0 Å². The second kappa shape index (κ2) is 3.10. The monoisotopic (exact) mass is 244 g/mol. The van der Waals surface area contributed by atoms with E-state index < -0.39 is 0 Å². The van der Waals surface area contributed by atoms with Gasteiger partial charge in [0.1, 0.15) is 4.60 Å². The van der Waals surface area contributed by atoms with Crippen LogP contribution >= 0.6 is 15.9 Å². The van der Waals surface area contributed by atoms with Crippen LogP contribution in [0.4, 0.5) is 0 Å². The van der Waals surface area contributed by atoms with Crippen LogP contribution in [0, 0.1) is 5.41 Å². The fraction of sp³-hybridized carbons (Fsp3) is 0.667. The number of rotatable bonds is 3. The molecule has 72 valence electrons. The Balaban J connectivity index is 2.13. The van der Waals surface area contributed by atoms with Crippen molar-refractivity contribution in [3.63, 3.8) is 0 Å². The van der Waals surface area contributed by atoms with Crippen LogP contribution < -0.4 is 0 Å². The molecule has 0 aromatic carbocycles. The molecule has 1 aromatic heterocycles. The predicted octanol–water partition coefficient (Wildman–Crippen LogP) is 1.50. The first-order chi connectivity index (χ1) is 6.15. The zero-order chi connectivity index (χ0) is 9.47. The summed E-state index contributed by atoms with van der Waals surface area (Å²) in [5.74, 6) is 0. The molecule has 1 saturated carbocycles. The lowest BCUT2D eigenvalue weighted by Crippen LogP contribution is -2.12. The van der Waals surface area contributed by atoms with Crippen molar-refractivity contribution in [1.29, 1.82) is 0 Å². The largest absolute Gasteiger partial charge is 0.396 e. The van der Waals surface area contributed by atoms with E-state index in [1.807, 2.05) is 17.8 Å². The van der Waals surface area contributed by atoms with Gasteiger partial charge in [-0.25, -0.2) is 0 Å². The molecule has 13 heavy (non-hydrogen) atoms. The zero-order valence-electron chi connectivity index (χ0n) is 7.63. The van der Waals surface area contributed by atoms with Crippen LogP contribution in [0.2, 0.25) is 0 Å². The van der Waals surface area contributed by atoms with E-state index in [1.165, 1.54) is 5.69 Å². The third-order valence-electron chi connectivity index (χ3n) is 2.80. The highest BCUT2D eigenvalue weighted by Gasteiger charge is 2.42. The van der Waals surface area contributed by atoms with Crippen molar-refractivity contribution in [2.75, 3.05) is 6.61 Å². The number of aliphatic hydroxyl groups excluding tert-OH is 1. The Bertz CT molecular complexity index is 317. The van der Waals surface area contributed by atoms with E-state index in [9.17, 15) is 5.11 Å². The van der Waals surface area contributed by atoms with E-state index in [-0.39, 0.29) is 5.41 Å². The number of nitrogens with zero attached hydrogens (tertiary/aromatic N) is 2. The standard InChI is InChI=1S/C9H13BrN2O/c1-12-7(4-8(10)11-12)5-9(6-13)2-3-9/h4,13H,2-3,5-6H2,1H3. The maximum atomic E-state index is 9.17. The summed E-state index contributed by atoms with van der Waals surface area (Å²) in [5.41, 5.74) is 1.37.